The molecule has 9 rings (SSSR count). The van der Waals surface area contributed by atoms with Crippen LogP contribution in [0.15, 0.2) is 116 Å². The number of imidazole rings is 1. The van der Waals surface area contributed by atoms with Crippen LogP contribution < -0.4 is 9.80 Å². The molecule has 3 aromatic heterocycles. The van der Waals surface area contributed by atoms with Gasteiger partial charge in [-0.25, -0.2) is 0 Å². The SMILES string of the molecule is CN1[CH-]N(c2[c-]cccc2)c2ccccc21.Cc1cccc(C)c1-c1cn2c3cc4ccn(C)c4cc3c3ccc[c-]c3c2n1.[Ir+3]. The standard InChI is InChI=1S/C26H20N3.C14H12N2.Ir/c1-16-7-6-8-17(2)25(16)22-15-29-24-13-18-11-12-28(3)23(18)14-21(24)19-9-4-5-10-20(19)26(29)27-22;1-15-11-16(12-7-3-2-4-8-12)14-10-6-5-9-13(14)15;/h4-9,11-15H,1-3H3;2-7,9-11H,1H3;/q-1;-2;+3. The fraction of sp³-hybridized carbons (Fsp3) is 0.100. The van der Waals surface area contributed by atoms with Crippen LogP contribution in [0.1, 0.15) is 11.1 Å². The maximum Gasteiger partial charge on any atom is 3.00 e. The maximum atomic E-state index is 5.09. The Hall–Kier alpha value is -4.90. The predicted octanol–water partition coefficient (Wildman–Crippen LogP) is 9.41. The zero-order valence-corrected chi connectivity index (χ0v) is 28.5. The normalized spacial score (nSPS) is 12.4. The summed E-state index contributed by atoms with van der Waals surface area (Å²) in [5, 5.41) is 4.72. The van der Waals surface area contributed by atoms with E-state index in [1.54, 1.807) is 0 Å². The van der Waals surface area contributed by atoms with Crippen LogP contribution in [0.2, 0.25) is 0 Å². The average Bonchev–Trinajstić information content (AvgIpc) is 3.77. The number of fused-ring (bicyclic) bond motifs is 8. The maximum absolute atomic E-state index is 5.09. The van der Waals surface area contributed by atoms with Crippen LogP contribution in [0.5, 0.6) is 0 Å². The van der Waals surface area contributed by atoms with Crippen LogP contribution in [0.3, 0.4) is 0 Å². The molecule has 0 saturated carbocycles. The van der Waals surface area contributed by atoms with E-state index in [4.69, 9.17) is 4.98 Å². The van der Waals surface area contributed by atoms with E-state index in [-0.39, 0.29) is 20.1 Å². The second kappa shape index (κ2) is 11.8. The first-order valence-electron chi connectivity index (χ1n) is 15.2. The van der Waals surface area contributed by atoms with Gasteiger partial charge in [-0.3, -0.25) is 4.98 Å². The molecule has 0 bridgehead atoms. The summed E-state index contributed by atoms with van der Waals surface area (Å²) in [6, 6.07) is 42.4. The fourth-order valence-electron chi connectivity index (χ4n) is 6.63. The Labute approximate surface area is 282 Å². The number of para-hydroxylation sites is 3. The molecule has 0 atom stereocenters. The number of nitrogens with zero attached hydrogens (tertiary/aromatic N) is 5. The van der Waals surface area contributed by atoms with E-state index in [0.29, 0.717) is 0 Å². The minimum absolute atomic E-state index is 0. The summed E-state index contributed by atoms with van der Waals surface area (Å²) in [4.78, 5) is 9.36. The van der Waals surface area contributed by atoms with Gasteiger partial charge < -0.3 is 18.8 Å². The Morgan fingerprint density at radius 1 is 0.717 bits per heavy atom. The van der Waals surface area contributed by atoms with E-state index in [9.17, 15) is 0 Å². The van der Waals surface area contributed by atoms with E-state index in [1.165, 1.54) is 55.3 Å². The topological polar surface area (TPSA) is 28.7 Å². The van der Waals surface area contributed by atoms with Crippen molar-refractivity contribution in [1.29, 1.82) is 0 Å². The molecule has 46 heavy (non-hydrogen) atoms. The van der Waals surface area contributed by atoms with Crippen LogP contribution in [0.4, 0.5) is 17.1 Å². The van der Waals surface area contributed by atoms with Gasteiger partial charge in [0.25, 0.3) is 0 Å². The first-order chi connectivity index (χ1) is 22.0. The van der Waals surface area contributed by atoms with Gasteiger partial charge in [0.1, 0.15) is 0 Å². The van der Waals surface area contributed by atoms with Gasteiger partial charge in [0.05, 0.1) is 11.3 Å². The van der Waals surface area contributed by atoms with Gasteiger partial charge in [0, 0.05) is 52.8 Å². The van der Waals surface area contributed by atoms with Crippen molar-refractivity contribution in [2.24, 2.45) is 7.05 Å². The molecule has 6 heteroatoms. The first-order valence-corrected chi connectivity index (χ1v) is 15.2. The largest absolute Gasteiger partial charge is 3.00 e. The Balaban J connectivity index is 0.000000169. The number of anilines is 3. The minimum atomic E-state index is 0. The molecule has 0 radical (unpaired) electrons. The molecule has 226 valence electrons. The zero-order valence-electron chi connectivity index (χ0n) is 26.1. The second-order valence-corrected chi connectivity index (χ2v) is 11.7. The molecule has 0 aliphatic carbocycles. The van der Waals surface area contributed by atoms with Gasteiger partial charge in [-0.05, 0) is 67.7 Å². The van der Waals surface area contributed by atoms with Crippen LogP contribution >= 0.6 is 0 Å². The van der Waals surface area contributed by atoms with Crippen molar-refractivity contribution in [2.75, 3.05) is 16.8 Å². The van der Waals surface area contributed by atoms with Crippen molar-refractivity contribution in [1.82, 2.24) is 14.0 Å². The van der Waals surface area contributed by atoms with Gasteiger partial charge in [-0.15, -0.1) is 35.3 Å². The van der Waals surface area contributed by atoms with Crippen LogP contribution in [-0.2, 0) is 27.2 Å². The van der Waals surface area contributed by atoms with Crippen molar-refractivity contribution >= 4 is 55.3 Å². The van der Waals surface area contributed by atoms with E-state index in [1.807, 2.05) is 24.3 Å². The molecule has 5 aromatic carbocycles. The Morgan fingerprint density at radius 3 is 2.26 bits per heavy atom. The third kappa shape index (κ3) is 4.86. The summed E-state index contributed by atoms with van der Waals surface area (Å²) in [5.41, 5.74) is 11.6. The summed E-state index contributed by atoms with van der Waals surface area (Å²) < 4.78 is 4.41. The number of hydrogen-bond donors (Lipinski definition) is 0. The summed E-state index contributed by atoms with van der Waals surface area (Å²) in [6.45, 7) is 6.39. The van der Waals surface area contributed by atoms with E-state index >= 15 is 0 Å². The number of aryl methyl sites for hydroxylation is 3. The summed E-state index contributed by atoms with van der Waals surface area (Å²) in [7, 11) is 4.15. The van der Waals surface area contributed by atoms with E-state index < -0.39 is 0 Å². The smallest absolute Gasteiger partial charge is 0.504 e. The quantitative estimate of drug-likeness (QED) is 0.130. The van der Waals surface area contributed by atoms with Gasteiger partial charge in [0.15, 0.2) is 0 Å². The van der Waals surface area contributed by atoms with Crippen molar-refractivity contribution in [3.63, 3.8) is 0 Å². The van der Waals surface area contributed by atoms with Gasteiger partial charge in [-0.2, -0.15) is 37.0 Å². The zero-order chi connectivity index (χ0) is 30.7. The number of hydrogen-bond acceptors (Lipinski definition) is 3. The Bertz CT molecular complexity index is 2350. The molecule has 0 spiro atoms. The monoisotopic (exact) mass is 775 g/mol. The molecular weight excluding hydrogens is 743 g/mol. The van der Waals surface area contributed by atoms with Crippen molar-refractivity contribution in [3.8, 4) is 11.3 Å². The summed E-state index contributed by atoms with van der Waals surface area (Å²) in [5.74, 6) is 0. The third-order valence-corrected chi connectivity index (χ3v) is 8.84. The molecule has 0 unspecified atom stereocenters. The van der Waals surface area contributed by atoms with Crippen molar-refractivity contribution in [2.45, 2.75) is 13.8 Å². The molecule has 0 saturated heterocycles. The first kappa shape index (κ1) is 29.8. The average molecular weight is 775 g/mol. The number of rotatable bonds is 2. The van der Waals surface area contributed by atoms with Crippen LogP contribution in [0.25, 0.3) is 49.5 Å². The fourth-order valence-corrected chi connectivity index (χ4v) is 6.63. The number of pyridine rings is 1. The molecule has 1 aliphatic rings. The molecule has 4 heterocycles. The molecule has 0 fully saturated rings. The van der Waals surface area contributed by atoms with Crippen molar-refractivity contribution < 1.29 is 20.1 Å². The number of benzene rings is 5. The molecule has 1 aliphatic heterocycles. The molecule has 0 N–H and O–H groups in total. The van der Waals surface area contributed by atoms with Gasteiger partial charge in [-0.1, -0.05) is 35.7 Å². The molecular formula is C40H32IrN5. The van der Waals surface area contributed by atoms with E-state index in [0.717, 1.165) is 22.4 Å². The molecule has 8 aromatic rings. The molecule has 5 nitrogen and oxygen atoms in total. The Kier molecular flexibility index (Phi) is 7.64. The number of aromatic nitrogens is 3. The van der Waals surface area contributed by atoms with Gasteiger partial charge >= 0.3 is 20.1 Å². The van der Waals surface area contributed by atoms with E-state index in [2.05, 4.69) is 157 Å². The summed E-state index contributed by atoms with van der Waals surface area (Å²) >= 11 is 0. The van der Waals surface area contributed by atoms with Crippen LogP contribution in [0, 0.1) is 32.6 Å². The van der Waals surface area contributed by atoms with Gasteiger partial charge in [0.2, 0.25) is 0 Å². The predicted molar refractivity (Wildman–Crippen MR) is 187 cm³/mol. The van der Waals surface area contributed by atoms with Crippen LogP contribution in [-0.4, -0.2) is 21.0 Å². The minimum Gasteiger partial charge on any atom is -0.504 e. The second-order valence-electron chi connectivity index (χ2n) is 11.7. The third-order valence-electron chi connectivity index (χ3n) is 8.84. The summed E-state index contributed by atoms with van der Waals surface area (Å²) in [6.07, 6.45) is 4.30. The Morgan fingerprint density at radius 2 is 1.48 bits per heavy atom. The molecule has 0 amide bonds. The van der Waals surface area contributed by atoms with Crippen molar-refractivity contribution in [3.05, 3.63) is 145 Å².